The zero-order valence-electron chi connectivity index (χ0n) is 13.1. The van der Waals surface area contributed by atoms with Crippen molar-refractivity contribution in [1.29, 1.82) is 0 Å². The zero-order chi connectivity index (χ0) is 17.6. The highest BCUT2D eigenvalue weighted by Gasteiger charge is 2.21. The maximum atomic E-state index is 12.2. The van der Waals surface area contributed by atoms with Gasteiger partial charge in [0.15, 0.2) is 15.9 Å². The van der Waals surface area contributed by atoms with Gasteiger partial charge in [-0.2, -0.15) is 0 Å². The molecule has 3 aromatic rings. The molecule has 9 nitrogen and oxygen atoms in total. The Morgan fingerprint density at radius 2 is 2.04 bits per heavy atom. The maximum absolute atomic E-state index is 12.2. The molecular formula is C14H13BrN4O5. The number of esters is 1. The van der Waals surface area contributed by atoms with Gasteiger partial charge in [0.2, 0.25) is 0 Å². The lowest BCUT2D eigenvalue weighted by molar-refractivity contribution is 0.0598. The van der Waals surface area contributed by atoms with Gasteiger partial charge < -0.3 is 9.15 Å². The normalized spacial score (nSPS) is 11.2. The van der Waals surface area contributed by atoms with E-state index in [1.54, 1.807) is 4.57 Å². The molecule has 24 heavy (non-hydrogen) atoms. The van der Waals surface area contributed by atoms with Gasteiger partial charge in [-0.15, -0.1) is 0 Å². The summed E-state index contributed by atoms with van der Waals surface area (Å²) in [5.41, 5.74) is -0.256. The van der Waals surface area contributed by atoms with E-state index in [0.29, 0.717) is 16.1 Å². The zero-order valence-corrected chi connectivity index (χ0v) is 14.7. The van der Waals surface area contributed by atoms with Crippen molar-refractivity contribution in [2.24, 2.45) is 14.1 Å². The number of carbonyl (C=O) groups excluding carboxylic acids is 1. The van der Waals surface area contributed by atoms with Crippen molar-refractivity contribution in [1.82, 2.24) is 18.7 Å². The molecule has 0 aromatic carbocycles. The van der Waals surface area contributed by atoms with E-state index in [9.17, 15) is 14.4 Å². The number of rotatable bonds is 3. The van der Waals surface area contributed by atoms with Crippen LogP contribution in [0.4, 0.5) is 0 Å². The number of aromatic nitrogens is 4. The van der Waals surface area contributed by atoms with E-state index in [1.807, 2.05) is 0 Å². The molecule has 0 fully saturated rings. The Morgan fingerprint density at radius 3 is 2.71 bits per heavy atom. The van der Waals surface area contributed by atoms with Crippen LogP contribution in [0.1, 0.15) is 16.1 Å². The van der Waals surface area contributed by atoms with Crippen molar-refractivity contribution in [2.45, 2.75) is 6.54 Å². The number of furan rings is 1. The van der Waals surface area contributed by atoms with Gasteiger partial charge in [-0.3, -0.25) is 18.5 Å². The molecule has 126 valence electrons. The van der Waals surface area contributed by atoms with Crippen molar-refractivity contribution >= 4 is 33.1 Å². The minimum absolute atomic E-state index is 0.0922. The summed E-state index contributed by atoms with van der Waals surface area (Å²) in [7, 11) is 4.20. The van der Waals surface area contributed by atoms with Crippen molar-refractivity contribution < 1.29 is 13.9 Å². The third-order valence-corrected chi connectivity index (χ3v) is 4.35. The quantitative estimate of drug-likeness (QED) is 0.475. The van der Waals surface area contributed by atoms with E-state index in [4.69, 9.17) is 9.15 Å². The minimum Gasteiger partial charge on any atom is -0.467 e. The smallest absolute Gasteiger partial charge is 0.341 e. The number of halogens is 1. The molecular weight excluding hydrogens is 384 g/mol. The summed E-state index contributed by atoms with van der Waals surface area (Å²) < 4.78 is 14.3. The molecule has 0 N–H and O–H groups in total. The lowest BCUT2D eigenvalue weighted by atomic mass is 10.2. The minimum atomic E-state index is -0.538. The second-order valence-electron chi connectivity index (χ2n) is 5.09. The number of hydrogen-bond donors (Lipinski definition) is 0. The summed E-state index contributed by atoms with van der Waals surface area (Å²) in [6.45, 7) is 0.0922. The van der Waals surface area contributed by atoms with Crippen LogP contribution in [0.15, 0.2) is 31.1 Å². The van der Waals surface area contributed by atoms with Crippen molar-refractivity contribution in [3.63, 3.8) is 0 Å². The van der Waals surface area contributed by atoms with E-state index < -0.39 is 17.2 Å². The standard InChI is InChI=1S/C14H13BrN4O5/c1-17-10-9(11(20)18(2)14(17)22)16-13(15)19(10)6-8-7(4-5-24-8)12(21)23-3/h4-5H,6H2,1-3H3. The lowest BCUT2D eigenvalue weighted by Crippen LogP contribution is -2.37. The van der Waals surface area contributed by atoms with Crippen LogP contribution in [-0.2, 0) is 25.4 Å². The Hall–Kier alpha value is -2.62. The maximum Gasteiger partial charge on any atom is 0.341 e. The number of aryl methyl sites for hydroxylation is 1. The molecule has 3 rings (SSSR count). The number of hydrogen-bond acceptors (Lipinski definition) is 6. The molecule has 0 aliphatic carbocycles. The second-order valence-corrected chi connectivity index (χ2v) is 5.80. The highest BCUT2D eigenvalue weighted by Crippen LogP contribution is 2.21. The summed E-state index contributed by atoms with van der Waals surface area (Å²) in [5.74, 6) is -0.209. The largest absolute Gasteiger partial charge is 0.467 e. The first kappa shape index (κ1) is 16.2. The fraction of sp³-hybridized carbons (Fsp3) is 0.286. The van der Waals surface area contributed by atoms with Crippen LogP contribution < -0.4 is 11.2 Å². The first-order valence-electron chi connectivity index (χ1n) is 6.83. The van der Waals surface area contributed by atoms with E-state index >= 15 is 0 Å². The van der Waals surface area contributed by atoms with E-state index in [1.165, 1.54) is 38.1 Å². The Labute approximate surface area is 143 Å². The molecule has 0 atom stereocenters. The molecule has 0 saturated carbocycles. The van der Waals surface area contributed by atoms with Gasteiger partial charge in [0.1, 0.15) is 11.3 Å². The van der Waals surface area contributed by atoms with Gasteiger partial charge in [-0.05, 0) is 22.0 Å². The third-order valence-electron chi connectivity index (χ3n) is 3.75. The molecule has 10 heteroatoms. The van der Waals surface area contributed by atoms with Crippen LogP contribution in [-0.4, -0.2) is 31.8 Å². The summed E-state index contributed by atoms with van der Waals surface area (Å²) >= 11 is 3.28. The van der Waals surface area contributed by atoms with E-state index in [0.717, 1.165) is 4.57 Å². The highest BCUT2D eigenvalue weighted by atomic mass is 79.9. The molecule has 0 radical (unpaired) electrons. The number of fused-ring (bicyclic) bond motifs is 1. The predicted molar refractivity (Wildman–Crippen MR) is 87.1 cm³/mol. The molecule has 3 heterocycles. The van der Waals surface area contributed by atoms with Crippen molar-refractivity contribution in [3.8, 4) is 0 Å². The van der Waals surface area contributed by atoms with E-state index in [-0.39, 0.29) is 17.6 Å². The summed E-state index contributed by atoms with van der Waals surface area (Å²) in [4.78, 5) is 40.4. The number of imidazole rings is 1. The first-order valence-corrected chi connectivity index (χ1v) is 7.62. The molecule has 3 aromatic heterocycles. The van der Waals surface area contributed by atoms with Gasteiger partial charge >= 0.3 is 11.7 Å². The SMILES string of the molecule is COC(=O)c1ccoc1Cn1c(Br)nc2c(=O)n(C)c(=O)n(C)c21. The van der Waals surface area contributed by atoms with Gasteiger partial charge in [-0.1, -0.05) is 0 Å². The summed E-state index contributed by atoms with van der Waals surface area (Å²) in [5, 5.41) is 0. The molecule has 0 aliphatic heterocycles. The fourth-order valence-corrected chi connectivity index (χ4v) is 2.97. The predicted octanol–water partition coefficient (Wildman–Crippen LogP) is 0.624. The number of ether oxygens (including phenoxy) is 1. The average molecular weight is 397 g/mol. The highest BCUT2D eigenvalue weighted by molar-refractivity contribution is 9.10. The van der Waals surface area contributed by atoms with Crippen LogP contribution in [0.5, 0.6) is 0 Å². The first-order chi connectivity index (χ1) is 11.4. The molecule has 0 saturated heterocycles. The number of nitrogens with zero attached hydrogens (tertiary/aromatic N) is 4. The molecule has 0 unspecified atom stereocenters. The Bertz CT molecular complexity index is 1070. The van der Waals surface area contributed by atoms with Gasteiger partial charge in [0.05, 0.1) is 19.9 Å². The lowest BCUT2D eigenvalue weighted by Gasteiger charge is -2.09. The molecule has 0 aliphatic rings. The summed E-state index contributed by atoms with van der Waals surface area (Å²) in [6, 6.07) is 1.49. The van der Waals surface area contributed by atoms with E-state index in [2.05, 4.69) is 20.9 Å². The van der Waals surface area contributed by atoms with Crippen molar-refractivity contribution in [2.75, 3.05) is 7.11 Å². The molecule has 0 amide bonds. The van der Waals surface area contributed by atoms with Crippen molar-refractivity contribution in [3.05, 3.63) is 49.2 Å². The monoisotopic (exact) mass is 396 g/mol. The Morgan fingerprint density at radius 1 is 1.33 bits per heavy atom. The summed E-state index contributed by atoms with van der Waals surface area (Å²) in [6.07, 6.45) is 1.37. The topological polar surface area (TPSA) is 101 Å². The number of carbonyl (C=O) groups is 1. The average Bonchev–Trinajstić information content (AvgIpc) is 3.16. The third kappa shape index (κ3) is 2.30. The van der Waals surface area contributed by atoms with Crippen LogP contribution in [0.3, 0.4) is 0 Å². The number of methoxy groups -OCH3 is 1. The van der Waals surface area contributed by atoms with Crippen LogP contribution in [0.2, 0.25) is 0 Å². The van der Waals surface area contributed by atoms with Gasteiger partial charge in [0, 0.05) is 14.1 Å². The Kier molecular flexibility index (Phi) is 3.91. The fourth-order valence-electron chi connectivity index (χ4n) is 2.50. The van der Waals surface area contributed by atoms with Crippen LogP contribution in [0.25, 0.3) is 11.2 Å². The van der Waals surface area contributed by atoms with Crippen LogP contribution >= 0.6 is 15.9 Å². The second kappa shape index (κ2) is 5.78. The molecule has 0 spiro atoms. The van der Waals surface area contributed by atoms with Gasteiger partial charge in [0.25, 0.3) is 5.56 Å². The Balaban J connectivity index is 2.24. The molecule has 0 bridgehead atoms. The van der Waals surface area contributed by atoms with Gasteiger partial charge in [-0.25, -0.2) is 14.6 Å². The van der Waals surface area contributed by atoms with Crippen LogP contribution in [0, 0.1) is 0 Å².